The minimum absolute atomic E-state index is 0.306. The van der Waals surface area contributed by atoms with Crippen LogP contribution in [0.5, 0.6) is 0 Å². The van der Waals surface area contributed by atoms with E-state index in [9.17, 15) is 4.79 Å². The number of H-pyrrole nitrogens is 1. The highest BCUT2D eigenvalue weighted by Crippen LogP contribution is 2.20. The van der Waals surface area contributed by atoms with Crippen LogP contribution in [0.2, 0.25) is 0 Å². The van der Waals surface area contributed by atoms with Gasteiger partial charge in [-0.3, -0.25) is 0 Å². The highest BCUT2D eigenvalue weighted by Gasteiger charge is 2.09. The van der Waals surface area contributed by atoms with Gasteiger partial charge in [-0.05, 0) is 19.5 Å². The Hall–Kier alpha value is -1.94. The van der Waals surface area contributed by atoms with Crippen molar-refractivity contribution in [2.24, 2.45) is 0 Å². The topological polar surface area (TPSA) is 57.8 Å². The molecular formula is C13H15N3O. The second-order valence-electron chi connectivity index (χ2n) is 3.89. The first-order chi connectivity index (χ1) is 8.22. The van der Waals surface area contributed by atoms with Gasteiger partial charge < -0.3 is 10.3 Å². The highest BCUT2D eigenvalue weighted by atomic mass is 16.1. The van der Waals surface area contributed by atoms with E-state index < -0.39 is 0 Å². The molecule has 0 aliphatic rings. The summed E-state index contributed by atoms with van der Waals surface area (Å²) in [5.41, 5.74) is 3.30. The number of aromatic nitrogens is 2. The normalized spacial score (nSPS) is 10.5. The van der Waals surface area contributed by atoms with Crippen molar-refractivity contribution in [3.63, 3.8) is 0 Å². The molecule has 0 aliphatic carbocycles. The number of hydrogen-bond acceptors (Lipinski definition) is 3. The molecule has 1 aromatic heterocycles. The van der Waals surface area contributed by atoms with E-state index in [0.29, 0.717) is 6.54 Å². The molecule has 0 bridgehead atoms. The van der Waals surface area contributed by atoms with E-state index in [1.54, 1.807) is 0 Å². The third-order valence-electron chi connectivity index (χ3n) is 2.68. The number of nitrogens with zero attached hydrogens (tertiary/aromatic N) is 1. The maximum atomic E-state index is 11.5. The predicted molar refractivity (Wildman–Crippen MR) is 67.8 cm³/mol. The van der Waals surface area contributed by atoms with Crippen molar-refractivity contribution in [2.45, 2.75) is 13.5 Å². The Balaban J connectivity index is 2.58. The van der Waals surface area contributed by atoms with Crippen LogP contribution < -0.4 is 11.0 Å². The van der Waals surface area contributed by atoms with Crippen LogP contribution in [0.1, 0.15) is 11.3 Å². The van der Waals surface area contributed by atoms with Crippen LogP contribution in [0, 0.1) is 6.92 Å². The maximum absolute atomic E-state index is 11.5. The third kappa shape index (κ3) is 2.42. The largest absolute Gasteiger partial charge is 0.345 e. The van der Waals surface area contributed by atoms with Gasteiger partial charge in [0.1, 0.15) is 0 Å². The van der Waals surface area contributed by atoms with Gasteiger partial charge in [0, 0.05) is 17.8 Å². The molecule has 0 fully saturated rings. The van der Waals surface area contributed by atoms with Crippen LogP contribution in [0.3, 0.4) is 0 Å². The molecule has 2 rings (SSSR count). The molecule has 0 aliphatic heterocycles. The third-order valence-corrected chi connectivity index (χ3v) is 2.68. The molecule has 0 amide bonds. The fourth-order valence-corrected chi connectivity index (χ4v) is 1.81. The van der Waals surface area contributed by atoms with Crippen LogP contribution in [-0.2, 0) is 6.54 Å². The van der Waals surface area contributed by atoms with Crippen molar-refractivity contribution < 1.29 is 0 Å². The van der Waals surface area contributed by atoms with Gasteiger partial charge in [-0.1, -0.05) is 30.3 Å². The molecule has 0 radical (unpaired) electrons. The summed E-state index contributed by atoms with van der Waals surface area (Å²) in [7, 11) is 1.85. The molecule has 17 heavy (non-hydrogen) atoms. The molecule has 0 spiro atoms. The average molecular weight is 229 g/mol. The van der Waals surface area contributed by atoms with Gasteiger partial charge in [-0.25, -0.2) is 4.79 Å². The fourth-order valence-electron chi connectivity index (χ4n) is 1.81. The van der Waals surface area contributed by atoms with Crippen LogP contribution in [0.25, 0.3) is 11.3 Å². The second-order valence-corrected chi connectivity index (χ2v) is 3.89. The lowest BCUT2D eigenvalue weighted by molar-refractivity contribution is 0.771. The van der Waals surface area contributed by atoms with E-state index in [1.165, 1.54) is 0 Å². The lowest BCUT2D eigenvalue weighted by atomic mass is 10.1. The summed E-state index contributed by atoms with van der Waals surface area (Å²) in [5, 5.41) is 3.03. The Kier molecular flexibility index (Phi) is 3.35. The molecule has 1 aromatic carbocycles. The van der Waals surface area contributed by atoms with Crippen molar-refractivity contribution in [3.8, 4) is 11.3 Å². The van der Waals surface area contributed by atoms with E-state index in [1.807, 2.05) is 44.3 Å². The lowest BCUT2D eigenvalue weighted by Crippen LogP contribution is -2.19. The first-order valence-electron chi connectivity index (χ1n) is 5.52. The standard InChI is InChI=1S/C13H15N3O/c1-9-11(8-14-2)15-13(17)16-12(9)10-6-4-3-5-7-10/h3-7,14H,8H2,1-2H3,(H,15,16,17). The Morgan fingerprint density at radius 2 is 2.00 bits per heavy atom. The number of aromatic amines is 1. The van der Waals surface area contributed by atoms with Crippen LogP contribution >= 0.6 is 0 Å². The van der Waals surface area contributed by atoms with Gasteiger partial charge >= 0.3 is 5.69 Å². The van der Waals surface area contributed by atoms with Crippen LogP contribution in [0.4, 0.5) is 0 Å². The minimum atomic E-state index is -0.306. The van der Waals surface area contributed by atoms with E-state index in [2.05, 4.69) is 15.3 Å². The van der Waals surface area contributed by atoms with E-state index in [4.69, 9.17) is 0 Å². The van der Waals surface area contributed by atoms with Crippen molar-refractivity contribution in [1.29, 1.82) is 0 Å². The molecular weight excluding hydrogens is 214 g/mol. The van der Waals surface area contributed by atoms with E-state index in [0.717, 1.165) is 22.5 Å². The first-order valence-corrected chi connectivity index (χ1v) is 5.52. The number of nitrogens with one attached hydrogen (secondary N) is 2. The minimum Gasteiger partial charge on any atom is -0.314 e. The summed E-state index contributed by atoms with van der Waals surface area (Å²) < 4.78 is 0. The van der Waals surface area contributed by atoms with Gasteiger partial charge in [0.2, 0.25) is 0 Å². The summed E-state index contributed by atoms with van der Waals surface area (Å²) in [6.45, 7) is 2.60. The van der Waals surface area contributed by atoms with E-state index >= 15 is 0 Å². The second kappa shape index (κ2) is 4.93. The van der Waals surface area contributed by atoms with Gasteiger partial charge in [0.05, 0.1) is 5.69 Å². The number of hydrogen-bond donors (Lipinski definition) is 2. The monoisotopic (exact) mass is 229 g/mol. The molecule has 0 saturated heterocycles. The van der Waals surface area contributed by atoms with E-state index in [-0.39, 0.29) is 5.69 Å². The summed E-state index contributed by atoms with van der Waals surface area (Å²) >= 11 is 0. The van der Waals surface area contributed by atoms with Crippen molar-refractivity contribution in [1.82, 2.24) is 15.3 Å². The molecule has 4 nitrogen and oxygen atoms in total. The molecule has 0 atom stereocenters. The molecule has 0 unspecified atom stereocenters. The smallest absolute Gasteiger partial charge is 0.314 e. The Bertz CT molecular complexity index is 561. The average Bonchev–Trinajstić information content (AvgIpc) is 2.35. The summed E-state index contributed by atoms with van der Waals surface area (Å²) in [6.07, 6.45) is 0. The van der Waals surface area contributed by atoms with Crippen molar-refractivity contribution in [2.75, 3.05) is 7.05 Å². The van der Waals surface area contributed by atoms with Gasteiger partial charge in [0.25, 0.3) is 0 Å². The Labute approximate surface area is 99.7 Å². The number of rotatable bonds is 3. The first kappa shape index (κ1) is 11.5. The SMILES string of the molecule is CNCc1[nH]c(=O)nc(-c2ccccc2)c1C. The maximum Gasteiger partial charge on any atom is 0.345 e. The Morgan fingerprint density at radius 3 is 2.65 bits per heavy atom. The number of benzene rings is 1. The quantitative estimate of drug-likeness (QED) is 0.837. The molecule has 1 heterocycles. The molecule has 0 saturated carbocycles. The zero-order valence-electron chi connectivity index (χ0n) is 9.95. The summed E-state index contributed by atoms with van der Waals surface area (Å²) in [6, 6.07) is 9.74. The van der Waals surface area contributed by atoms with Crippen molar-refractivity contribution in [3.05, 3.63) is 52.1 Å². The zero-order valence-corrected chi connectivity index (χ0v) is 9.95. The Morgan fingerprint density at radius 1 is 1.29 bits per heavy atom. The van der Waals surface area contributed by atoms with Gasteiger partial charge in [0.15, 0.2) is 0 Å². The summed E-state index contributed by atoms with van der Waals surface area (Å²) in [5.74, 6) is 0. The molecule has 2 N–H and O–H groups in total. The van der Waals surface area contributed by atoms with Gasteiger partial charge in [-0.15, -0.1) is 0 Å². The van der Waals surface area contributed by atoms with Gasteiger partial charge in [-0.2, -0.15) is 4.98 Å². The molecule has 2 aromatic rings. The zero-order chi connectivity index (χ0) is 12.3. The lowest BCUT2D eigenvalue weighted by Gasteiger charge is -2.09. The molecule has 4 heteroatoms. The fraction of sp³-hybridized carbons (Fsp3) is 0.231. The van der Waals surface area contributed by atoms with Crippen LogP contribution in [0.15, 0.2) is 35.1 Å². The highest BCUT2D eigenvalue weighted by molar-refractivity contribution is 5.63. The van der Waals surface area contributed by atoms with Crippen molar-refractivity contribution >= 4 is 0 Å². The summed E-state index contributed by atoms with van der Waals surface area (Å²) in [4.78, 5) is 18.3. The van der Waals surface area contributed by atoms with Crippen LogP contribution in [-0.4, -0.2) is 17.0 Å². The molecule has 88 valence electrons. The predicted octanol–water partition coefficient (Wildman–Crippen LogP) is 1.46.